The quantitative estimate of drug-likeness (QED) is 0.193. The molecule has 8 atom stereocenters. The second-order valence-electron chi connectivity index (χ2n) is 18.7. The zero-order valence-corrected chi connectivity index (χ0v) is 36.7. The molecule has 6 aliphatic rings. The van der Waals surface area contributed by atoms with E-state index in [1.807, 2.05) is 19.9 Å². The molecule has 1 saturated heterocycles. The number of carbonyl (C=O) groups excluding carboxylic acids is 5. The van der Waals surface area contributed by atoms with Crippen molar-refractivity contribution in [2.24, 2.45) is 28.6 Å². The van der Waals surface area contributed by atoms with Crippen molar-refractivity contribution in [1.82, 2.24) is 9.47 Å². The minimum absolute atomic E-state index is 0.000275. The van der Waals surface area contributed by atoms with Gasteiger partial charge in [0.2, 0.25) is 18.0 Å². The first-order chi connectivity index (χ1) is 30.8. The highest BCUT2D eigenvalue weighted by atomic mass is 19.1. The van der Waals surface area contributed by atoms with Gasteiger partial charge in [-0.2, -0.15) is 0 Å². The van der Waals surface area contributed by atoms with Crippen LogP contribution in [0.25, 0.3) is 10.9 Å². The number of rotatable bonds is 13. The van der Waals surface area contributed by atoms with Gasteiger partial charge in [-0.1, -0.05) is 25.5 Å². The normalized spacial score (nSPS) is 30.5. The fourth-order valence-electron chi connectivity index (χ4n) is 11.7. The Bertz CT molecular complexity index is 2460. The molecule has 1 aromatic heterocycles. The molecule has 3 N–H and O–H groups in total. The third-order valence-corrected chi connectivity index (χ3v) is 15.1. The Labute approximate surface area is 372 Å². The molecular weight excluding hydrogens is 854 g/mol. The number of aromatic carboxylic acids is 1. The number of pyridine rings is 1. The topological polar surface area (TPSA) is 238 Å². The number of benzene rings is 1. The molecule has 4 saturated carbocycles. The Morgan fingerprint density at radius 2 is 1.69 bits per heavy atom. The number of hydrogen-bond acceptors (Lipinski definition) is 15. The second-order valence-corrected chi connectivity index (χ2v) is 18.7. The molecule has 18 nitrogen and oxygen atoms in total. The number of aliphatic hydroxyl groups excluding tert-OH is 1. The van der Waals surface area contributed by atoms with Crippen molar-refractivity contribution < 1.29 is 72.2 Å². The molecule has 350 valence electrons. The monoisotopic (exact) mass is 907 g/mol. The number of anilines is 1. The molecule has 2 heterocycles. The van der Waals surface area contributed by atoms with Crippen LogP contribution in [0.4, 0.5) is 14.9 Å². The maximum atomic E-state index is 15.8. The fraction of sp³-hybridized carbons (Fsp3) is 0.587. The Balaban J connectivity index is 0.780. The number of allylic oxidation sites excluding steroid dienone is 4. The molecule has 65 heavy (non-hydrogen) atoms. The molecule has 1 aliphatic heterocycles. The lowest BCUT2D eigenvalue weighted by molar-refractivity contribution is -0.182. The Morgan fingerprint density at radius 3 is 2.37 bits per heavy atom. The van der Waals surface area contributed by atoms with Crippen LogP contribution in [0.15, 0.2) is 40.9 Å². The number of amides is 1. The van der Waals surface area contributed by atoms with Gasteiger partial charge in [0.25, 0.3) is 0 Å². The minimum atomic E-state index is -1.85. The molecule has 1 aromatic carbocycles. The van der Waals surface area contributed by atoms with Gasteiger partial charge < -0.3 is 53.4 Å². The van der Waals surface area contributed by atoms with Crippen LogP contribution in [-0.2, 0) is 38.1 Å². The van der Waals surface area contributed by atoms with Crippen LogP contribution in [0.5, 0.6) is 5.75 Å². The third kappa shape index (κ3) is 7.98. The van der Waals surface area contributed by atoms with Crippen molar-refractivity contribution in [2.45, 2.75) is 89.5 Å². The first-order valence-corrected chi connectivity index (χ1v) is 22.0. The van der Waals surface area contributed by atoms with Gasteiger partial charge in [0.15, 0.2) is 24.0 Å². The molecular formula is C46H54FN3O15. The average Bonchev–Trinajstić information content (AvgIpc) is 4.06. The molecule has 2 aromatic rings. The molecule has 0 spiro atoms. The predicted molar refractivity (Wildman–Crippen MR) is 226 cm³/mol. The third-order valence-electron chi connectivity index (χ3n) is 15.1. The summed E-state index contributed by atoms with van der Waals surface area (Å²) in [6.07, 6.45) is 8.42. The van der Waals surface area contributed by atoms with E-state index in [4.69, 9.17) is 23.7 Å². The van der Waals surface area contributed by atoms with Crippen LogP contribution in [0.3, 0.4) is 0 Å². The summed E-state index contributed by atoms with van der Waals surface area (Å²) in [4.78, 5) is 91.5. The van der Waals surface area contributed by atoms with Gasteiger partial charge in [-0.3, -0.25) is 14.4 Å². The van der Waals surface area contributed by atoms with Crippen molar-refractivity contribution in [2.75, 3.05) is 58.3 Å². The second kappa shape index (κ2) is 17.3. The minimum Gasteiger partial charge on any atom is -0.492 e. The summed E-state index contributed by atoms with van der Waals surface area (Å²) in [7, 11) is 1.34. The van der Waals surface area contributed by atoms with E-state index in [-0.39, 0.29) is 84.4 Å². The Kier molecular flexibility index (Phi) is 12.2. The lowest BCUT2D eigenvalue weighted by Gasteiger charge is -2.59. The number of nitrogens with zero attached hydrogens (tertiary/aromatic N) is 3. The van der Waals surface area contributed by atoms with Gasteiger partial charge in [0.05, 0.1) is 24.1 Å². The molecule has 8 rings (SSSR count). The van der Waals surface area contributed by atoms with Crippen molar-refractivity contribution in [1.29, 1.82) is 0 Å². The van der Waals surface area contributed by atoms with E-state index in [9.17, 15) is 48.9 Å². The summed E-state index contributed by atoms with van der Waals surface area (Å²) in [6, 6.07) is 0.403. The number of piperazine rings is 1. The highest BCUT2D eigenvalue weighted by Gasteiger charge is 2.68. The zero-order valence-electron chi connectivity index (χ0n) is 36.7. The van der Waals surface area contributed by atoms with Gasteiger partial charge in [-0.15, -0.1) is 0 Å². The maximum Gasteiger partial charge on any atom is 0.413 e. The molecule has 0 bridgehead atoms. The molecule has 5 fully saturated rings. The van der Waals surface area contributed by atoms with Crippen molar-refractivity contribution in [3.8, 4) is 5.75 Å². The van der Waals surface area contributed by atoms with Gasteiger partial charge in [0, 0.05) is 54.7 Å². The van der Waals surface area contributed by atoms with E-state index in [1.165, 1.54) is 18.2 Å². The summed E-state index contributed by atoms with van der Waals surface area (Å²) >= 11 is 0. The van der Waals surface area contributed by atoms with Crippen molar-refractivity contribution >= 4 is 52.2 Å². The first-order valence-electron chi connectivity index (χ1n) is 22.0. The van der Waals surface area contributed by atoms with E-state index < -0.39 is 102 Å². The summed E-state index contributed by atoms with van der Waals surface area (Å²) in [6.45, 7) is 2.91. The summed E-state index contributed by atoms with van der Waals surface area (Å²) in [5.41, 5.74) is -3.30. The Morgan fingerprint density at radius 1 is 0.969 bits per heavy atom. The summed E-state index contributed by atoms with van der Waals surface area (Å²) in [5, 5.41) is 33.0. The molecule has 5 aliphatic carbocycles. The first kappa shape index (κ1) is 45.9. The standard InChI is InChI=1S/C46H54FN3O15/c1-24-18-48(39-32(47)16-29-38(41(39)61-4)50(26-6-7-26)19-30(40(29)56)42(57)58)13-14-49(24)43(59)65-23-64-36(55)22-62-21-35(54)63-20-34(53)46(60)12-10-31-28-8-5-25-15-27(51)9-11-44(25,2)37(28)33(52)17-45(31,46)3/h9,11,15-16,19,24,26,28,31,33,37,52,60H,5-8,10,12-14,17-18,20-23H2,1-4H3,(H,57,58)/t24?,28?,31?,33-,37?,44-,45-,46-/m0/s1. The SMILES string of the molecule is COc1c(N2CCN(C(=O)OCOC(=O)COCC(=O)OCC(=O)[C@@]3(O)CCC4C5CCC6=CC(=O)C=C[C@]6(C)C5[C@@H](O)C[C@@]43C)C(C)C2)c(F)cc2c(=O)c(C(=O)O)cn(C3CC3)c12. The number of hydrogen-bond donors (Lipinski definition) is 3. The number of esters is 2. The molecule has 4 unspecified atom stereocenters. The molecule has 1 amide bonds. The number of methoxy groups -OCH3 is 1. The smallest absolute Gasteiger partial charge is 0.413 e. The van der Waals surface area contributed by atoms with Gasteiger partial charge in [-0.05, 0) is 81.9 Å². The average molecular weight is 908 g/mol. The zero-order chi connectivity index (χ0) is 46.7. The van der Waals surface area contributed by atoms with Crippen molar-refractivity contribution in [3.05, 3.63) is 57.7 Å². The van der Waals surface area contributed by atoms with Gasteiger partial charge in [0.1, 0.15) is 30.1 Å². The number of Topliss-reactive ketones (excluding diaryl/α,β-unsaturated/α-hetero) is 1. The summed E-state index contributed by atoms with van der Waals surface area (Å²) in [5.74, 6) is -5.12. The number of carboxylic acids is 1. The Hall–Kier alpha value is -5.66. The van der Waals surface area contributed by atoms with Crippen LogP contribution in [0, 0.1) is 34.4 Å². The van der Waals surface area contributed by atoms with Gasteiger partial charge >= 0.3 is 24.0 Å². The predicted octanol–water partition coefficient (Wildman–Crippen LogP) is 3.47. The van der Waals surface area contributed by atoms with Gasteiger partial charge in [-0.25, -0.2) is 23.6 Å². The van der Waals surface area contributed by atoms with Crippen molar-refractivity contribution in [3.63, 3.8) is 0 Å². The van der Waals surface area contributed by atoms with Crippen LogP contribution in [0.2, 0.25) is 0 Å². The van der Waals surface area contributed by atoms with Crippen LogP contribution in [0.1, 0.15) is 82.1 Å². The van der Waals surface area contributed by atoms with E-state index in [2.05, 4.69) is 0 Å². The van der Waals surface area contributed by atoms with Crippen LogP contribution in [-0.4, -0.2) is 131 Å². The van der Waals surface area contributed by atoms with E-state index in [1.54, 1.807) is 28.5 Å². The largest absolute Gasteiger partial charge is 0.492 e. The number of ether oxygens (including phenoxy) is 5. The van der Waals surface area contributed by atoms with E-state index >= 15 is 4.39 Å². The number of carboxylic acid groups (broad SMARTS) is 1. The number of carbonyl (C=O) groups is 6. The number of halogens is 1. The van der Waals surface area contributed by atoms with Crippen LogP contribution >= 0.6 is 0 Å². The van der Waals surface area contributed by atoms with Crippen LogP contribution < -0.4 is 15.1 Å². The number of fused-ring (bicyclic) bond motifs is 6. The lowest BCUT2D eigenvalue weighted by atomic mass is 9.46. The molecule has 19 heteroatoms. The number of ketones is 2. The number of aliphatic hydroxyl groups is 2. The molecule has 0 radical (unpaired) electrons. The van der Waals surface area contributed by atoms with E-state index in [0.717, 1.165) is 24.5 Å². The highest BCUT2D eigenvalue weighted by Crippen LogP contribution is 2.67. The lowest BCUT2D eigenvalue weighted by Crippen LogP contribution is -2.61. The summed E-state index contributed by atoms with van der Waals surface area (Å²) < 4.78 is 43.5. The van der Waals surface area contributed by atoms with E-state index in [0.29, 0.717) is 19.3 Å². The number of aromatic nitrogens is 1. The fourth-order valence-corrected chi connectivity index (χ4v) is 11.7. The maximum absolute atomic E-state index is 15.8. The highest BCUT2D eigenvalue weighted by molar-refractivity contribution is 6.01.